The summed E-state index contributed by atoms with van der Waals surface area (Å²) in [6.45, 7) is 37.4. The van der Waals surface area contributed by atoms with E-state index in [2.05, 4.69) is 196 Å². The minimum atomic E-state index is 0.0749. The van der Waals surface area contributed by atoms with Crippen molar-refractivity contribution in [1.82, 2.24) is 0 Å². The predicted octanol–water partition coefficient (Wildman–Crippen LogP) is 11.6. The first-order valence-electron chi connectivity index (χ1n) is 22.5. The van der Waals surface area contributed by atoms with E-state index in [4.69, 9.17) is 0 Å². The molecule has 0 aromatic heterocycles. The monoisotopic (exact) mass is 783 g/mol. The molecule has 0 unspecified atom stereocenters. The van der Waals surface area contributed by atoms with E-state index in [1.165, 1.54) is 143 Å². The Labute approximate surface area is 362 Å². The fourth-order valence-corrected chi connectivity index (χ4v) is 12.0. The van der Waals surface area contributed by atoms with Crippen LogP contribution in [-0.4, -0.2) is 13.4 Å². The lowest BCUT2D eigenvalue weighted by molar-refractivity contribution is 0.876. The molecule has 60 heavy (non-hydrogen) atoms. The van der Waals surface area contributed by atoms with Gasteiger partial charge in [-0.2, -0.15) is 0 Å². The summed E-state index contributed by atoms with van der Waals surface area (Å²) in [6.07, 6.45) is 0. The normalized spacial score (nSPS) is 12.0. The van der Waals surface area contributed by atoms with Crippen LogP contribution in [0.3, 0.4) is 0 Å². The number of aryl methyl sites for hydroxylation is 12. The van der Waals surface area contributed by atoms with Crippen LogP contribution in [0.2, 0.25) is 0 Å². The molecule has 0 spiro atoms. The summed E-state index contributed by atoms with van der Waals surface area (Å²) in [4.78, 5) is 0. The van der Waals surface area contributed by atoms with Crippen LogP contribution < -0.4 is 32.8 Å². The zero-order valence-electron chi connectivity index (χ0n) is 39.4. The summed E-state index contributed by atoms with van der Waals surface area (Å²) in [5.41, 5.74) is 27.7. The van der Waals surface area contributed by atoms with Crippen molar-refractivity contribution in [2.45, 2.75) is 123 Å². The number of hydrogen-bond acceptors (Lipinski definition) is 0. The van der Waals surface area contributed by atoms with Crippen LogP contribution in [0.15, 0.2) is 84.9 Å². The minimum absolute atomic E-state index is 0.0749. The van der Waals surface area contributed by atoms with E-state index in [1.54, 1.807) is 0 Å². The topological polar surface area (TPSA) is 0 Å². The fraction of sp³-hybridized carbons (Fsp3) is 0.310. The van der Waals surface area contributed by atoms with Crippen molar-refractivity contribution < 1.29 is 0 Å². The van der Waals surface area contributed by atoms with Crippen molar-refractivity contribution in [3.05, 3.63) is 163 Å². The molecule has 0 saturated heterocycles. The summed E-state index contributed by atoms with van der Waals surface area (Å²) in [6, 6.07) is 34.4. The molecule has 8 rings (SSSR count). The Bertz CT molecular complexity index is 2800. The predicted molar refractivity (Wildman–Crippen MR) is 270 cm³/mol. The highest BCUT2D eigenvalue weighted by Crippen LogP contribution is 2.40. The standard InChI is InChI=1S/C58H64B2/c1-31(2)45-17-19-47-52(60(57-41(13)25-35(7)26-42(57)14)58-43(15)27-36(8)28-44(58)16)30-50-49(32(3)4)29-51(48-20-18-46(45)53(47)54(48)50)59(55-37(9)21-33(5)22-38(55)10)56-39(11)23-34(6)24-40(56)12/h17-32H,1-16H3. The third-order valence-corrected chi connectivity index (χ3v) is 14.0. The van der Waals surface area contributed by atoms with E-state index in [1.807, 2.05) is 0 Å². The van der Waals surface area contributed by atoms with Gasteiger partial charge in [0.25, 0.3) is 0 Å². The maximum atomic E-state index is 2.65. The van der Waals surface area contributed by atoms with Gasteiger partial charge in [-0.05, 0) is 138 Å². The second kappa shape index (κ2) is 15.4. The summed E-state index contributed by atoms with van der Waals surface area (Å²) in [5, 5.41) is 8.41. The Morgan fingerprint density at radius 1 is 0.300 bits per heavy atom. The molecule has 8 aromatic rings. The number of rotatable bonds is 8. The van der Waals surface area contributed by atoms with Crippen LogP contribution in [0.5, 0.6) is 0 Å². The smallest absolute Gasteiger partial charge is 0.0629 e. The first-order valence-corrected chi connectivity index (χ1v) is 22.5. The lowest BCUT2D eigenvalue weighted by Gasteiger charge is -2.30. The third kappa shape index (κ3) is 6.80. The molecular formula is C58H64B2. The molecule has 0 radical (unpaired) electrons. The Morgan fingerprint density at radius 3 is 0.917 bits per heavy atom. The molecule has 8 aromatic carbocycles. The van der Waals surface area contributed by atoms with Crippen molar-refractivity contribution in [3.63, 3.8) is 0 Å². The summed E-state index contributed by atoms with van der Waals surface area (Å²) in [7, 11) is 0. The molecule has 0 bridgehead atoms. The molecule has 0 saturated carbocycles. The average molecular weight is 783 g/mol. The van der Waals surface area contributed by atoms with E-state index in [9.17, 15) is 0 Å². The third-order valence-electron chi connectivity index (χ3n) is 14.0. The van der Waals surface area contributed by atoms with E-state index in [-0.39, 0.29) is 13.4 Å². The van der Waals surface area contributed by atoms with Crippen LogP contribution in [0.1, 0.15) is 117 Å². The van der Waals surface area contributed by atoms with Crippen LogP contribution in [-0.2, 0) is 0 Å². The van der Waals surface area contributed by atoms with Gasteiger partial charge in [-0.15, -0.1) is 0 Å². The van der Waals surface area contributed by atoms with Crippen molar-refractivity contribution in [2.24, 2.45) is 0 Å². The van der Waals surface area contributed by atoms with Gasteiger partial charge in [0.1, 0.15) is 0 Å². The Balaban J connectivity index is 1.60. The summed E-state index contributed by atoms with van der Waals surface area (Å²) in [5.74, 6) is 0.709. The van der Waals surface area contributed by atoms with Crippen molar-refractivity contribution in [2.75, 3.05) is 0 Å². The first-order chi connectivity index (χ1) is 28.4. The summed E-state index contributed by atoms with van der Waals surface area (Å²) >= 11 is 0. The second-order valence-corrected chi connectivity index (χ2v) is 19.6. The fourth-order valence-electron chi connectivity index (χ4n) is 12.0. The largest absolute Gasteiger partial charge is 0.243 e. The zero-order valence-corrected chi connectivity index (χ0v) is 39.4. The van der Waals surface area contributed by atoms with E-state index in [0.29, 0.717) is 11.8 Å². The molecule has 0 aliphatic rings. The quantitative estimate of drug-likeness (QED) is 0.106. The molecular weight excluding hydrogens is 718 g/mol. The molecule has 0 N–H and O–H groups in total. The molecule has 0 heterocycles. The van der Waals surface area contributed by atoms with Gasteiger partial charge in [0.2, 0.25) is 13.4 Å². The van der Waals surface area contributed by atoms with Crippen molar-refractivity contribution >= 4 is 78.5 Å². The van der Waals surface area contributed by atoms with Crippen LogP contribution in [0, 0.1) is 83.1 Å². The molecule has 0 amide bonds. The maximum Gasteiger partial charge on any atom is 0.243 e. The van der Waals surface area contributed by atoms with Crippen molar-refractivity contribution in [3.8, 4) is 0 Å². The highest BCUT2D eigenvalue weighted by Gasteiger charge is 2.35. The van der Waals surface area contributed by atoms with Gasteiger partial charge in [-0.1, -0.05) is 212 Å². The second-order valence-electron chi connectivity index (χ2n) is 19.6. The Morgan fingerprint density at radius 2 is 0.583 bits per heavy atom. The van der Waals surface area contributed by atoms with Crippen LogP contribution in [0.4, 0.5) is 0 Å². The van der Waals surface area contributed by atoms with E-state index in [0.717, 1.165) is 0 Å². The van der Waals surface area contributed by atoms with Gasteiger partial charge in [-0.3, -0.25) is 0 Å². The highest BCUT2D eigenvalue weighted by atomic mass is 14.2. The van der Waals surface area contributed by atoms with Gasteiger partial charge >= 0.3 is 0 Å². The van der Waals surface area contributed by atoms with Gasteiger partial charge in [-0.25, -0.2) is 0 Å². The number of benzene rings is 8. The van der Waals surface area contributed by atoms with E-state index >= 15 is 0 Å². The van der Waals surface area contributed by atoms with Gasteiger partial charge in [0, 0.05) is 0 Å². The van der Waals surface area contributed by atoms with Gasteiger partial charge in [0.05, 0.1) is 0 Å². The Kier molecular flexibility index (Phi) is 10.7. The first kappa shape index (κ1) is 41.7. The lowest BCUT2D eigenvalue weighted by atomic mass is 9.33. The maximum absolute atomic E-state index is 2.65. The van der Waals surface area contributed by atoms with Gasteiger partial charge < -0.3 is 0 Å². The van der Waals surface area contributed by atoms with Crippen LogP contribution >= 0.6 is 0 Å². The SMILES string of the molecule is Cc1cc(C)c(B(c2c(C)cc(C)cc2C)c2cc3c(C(C)C)cc(B(c4c(C)cc(C)cc4C)c4c(C)cc(C)cc4C)c4ccc5c(C(C)C)ccc2c5c43)c(C)c1. The molecule has 0 atom stereocenters. The highest BCUT2D eigenvalue weighted by molar-refractivity contribution is 6.99. The Hall–Kier alpha value is -5.07. The van der Waals surface area contributed by atoms with E-state index < -0.39 is 0 Å². The molecule has 302 valence electrons. The summed E-state index contributed by atoms with van der Waals surface area (Å²) < 4.78 is 0. The minimum Gasteiger partial charge on any atom is -0.0629 e. The average Bonchev–Trinajstić information content (AvgIpc) is 3.13. The van der Waals surface area contributed by atoms with Gasteiger partial charge in [0.15, 0.2) is 0 Å². The molecule has 0 nitrogen and oxygen atoms in total. The molecule has 0 fully saturated rings. The number of hydrogen-bond donors (Lipinski definition) is 0. The molecule has 0 aliphatic heterocycles. The zero-order chi connectivity index (χ0) is 43.2. The van der Waals surface area contributed by atoms with Crippen molar-refractivity contribution in [1.29, 1.82) is 0 Å². The molecule has 2 heteroatoms. The lowest BCUT2D eigenvalue weighted by Crippen LogP contribution is -2.56. The van der Waals surface area contributed by atoms with Crippen LogP contribution in [0.25, 0.3) is 32.3 Å². The molecule has 0 aliphatic carbocycles.